The molecule has 0 radical (unpaired) electrons. The molecule has 1 atom stereocenters. The zero-order valence-corrected chi connectivity index (χ0v) is 10.9. The first-order valence-electron chi connectivity index (χ1n) is 6.13. The van der Waals surface area contributed by atoms with E-state index in [1.807, 2.05) is 0 Å². The van der Waals surface area contributed by atoms with Gasteiger partial charge in [0.1, 0.15) is 5.82 Å². The predicted octanol–water partition coefficient (Wildman–Crippen LogP) is 1.79. The number of amides is 1. The lowest BCUT2D eigenvalue weighted by Gasteiger charge is -2.10. The zero-order chi connectivity index (χ0) is 12.8. The summed E-state index contributed by atoms with van der Waals surface area (Å²) in [7, 11) is 0. The number of rotatable bonds is 5. The van der Waals surface area contributed by atoms with Crippen LogP contribution in [0.5, 0.6) is 0 Å². The molecule has 1 saturated heterocycles. The van der Waals surface area contributed by atoms with Crippen molar-refractivity contribution in [2.24, 2.45) is 0 Å². The molecule has 0 spiro atoms. The largest absolute Gasteiger partial charge is 0.352 e. The number of nitrogens with one attached hydrogen (secondary N) is 2. The second kappa shape index (κ2) is 6.75. The van der Waals surface area contributed by atoms with Crippen molar-refractivity contribution in [2.75, 3.05) is 18.8 Å². The third kappa shape index (κ3) is 3.99. The summed E-state index contributed by atoms with van der Waals surface area (Å²) >= 11 is 1.38. The number of carbonyl (C=O) groups excluding carboxylic acids is 1. The molecule has 1 fully saturated rings. The van der Waals surface area contributed by atoms with Crippen molar-refractivity contribution in [3.63, 3.8) is 0 Å². The summed E-state index contributed by atoms with van der Waals surface area (Å²) < 4.78 is 13.3. The highest BCUT2D eigenvalue weighted by Crippen LogP contribution is 2.21. The fourth-order valence-electron chi connectivity index (χ4n) is 1.89. The van der Waals surface area contributed by atoms with Crippen LogP contribution in [0, 0.1) is 5.82 Å². The Bertz CT molecular complexity index is 408. The fraction of sp³-hybridized carbons (Fsp3) is 0.462. The number of benzene rings is 1. The van der Waals surface area contributed by atoms with Gasteiger partial charge >= 0.3 is 0 Å². The number of thioether (sulfide) groups is 1. The highest BCUT2D eigenvalue weighted by atomic mass is 32.2. The first-order valence-corrected chi connectivity index (χ1v) is 7.11. The number of hydrogen-bond acceptors (Lipinski definition) is 3. The van der Waals surface area contributed by atoms with Crippen molar-refractivity contribution in [1.82, 2.24) is 10.6 Å². The molecule has 0 aromatic heterocycles. The van der Waals surface area contributed by atoms with Gasteiger partial charge in [-0.05, 0) is 25.1 Å². The molecule has 1 aromatic carbocycles. The van der Waals surface area contributed by atoms with E-state index in [2.05, 4.69) is 10.6 Å². The smallest absolute Gasteiger partial charge is 0.221 e. The molecule has 0 bridgehead atoms. The van der Waals surface area contributed by atoms with E-state index in [1.54, 1.807) is 18.2 Å². The number of carbonyl (C=O) groups is 1. The van der Waals surface area contributed by atoms with Crippen LogP contribution in [0.3, 0.4) is 0 Å². The van der Waals surface area contributed by atoms with E-state index in [1.165, 1.54) is 17.8 Å². The van der Waals surface area contributed by atoms with Crippen LogP contribution in [0.2, 0.25) is 0 Å². The van der Waals surface area contributed by atoms with Crippen molar-refractivity contribution in [1.29, 1.82) is 0 Å². The van der Waals surface area contributed by atoms with Crippen LogP contribution >= 0.6 is 11.8 Å². The van der Waals surface area contributed by atoms with Crippen LogP contribution < -0.4 is 10.6 Å². The van der Waals surface area contributed by atoms with Crippen LogP contribution in [-0.4, -0.2) is 30.8 Å². The molecule has 2 rings (SSSR count). The van der Waals surface area contributed by atoms with Crippen molar-refractivity contribution in [3.05, 3.63) is 30.1 Å². The Hall–Kier alpha value is -1.07. The predicted molar refractivity (Wildman–Crippen MR) is 71.2 cm³/mol. The topological polar surface area (TPSA) is 41.1 Å². The maximum absolute atomic E-state index is 13.3. The van der Waals surface area contributed by atoms with Gasteiger partial charge in [0.15, 0.2) is 0 Å². The minimum Gasteiger partial charge on any atom is -0.352 e. The zero-order valence-electron chi connectivity index (χ0n) is 10.1. The lowest BCUT2D eigenvalue weighted by molar-refractivity contribution is -0.121. The Labute approximate surface area is 111 Å². The first-order chi connectivity index (χ1) is 8.75. The van der Waals surface area contributed by atoms with Gasteiger partial charge in [0.05, 0.1) is 0 Å². The van der Waals surface area contributed by atoms with Gasteiger partial charge in [-0.3, -0.25) is 4.79 Å². The minimum absolute atomic E-state index is 0.0486. The van der Waals surface area contributed by atoms with Crippen LogP contribution in [0.1, 0.15) is 12.8 Å². The monoisotopic (exact) mass is 268 g/mol. The van der Waals surface area contributed by atoms with E-state index < -0.39 is 0 Å². The maximum Gasteiger partial charge on any atom is 0.221 e. The van der Waals surface area contributed by atoms with Crippen molar-refractivity contribution in [3.8, 4) is 0 Å². The van der Waals surface area contributed by atoms with Crippen molar-refractivity contribution in [2.45, 2.75) is 23.8 Å². The molecule has 1 amide bonds. The third-order valence-corrected chi connectivity index (χ3v) is 3.90. The van der Waals surface area contributed by atoms with Gasteiger partial charge in [-0.2, -0.15) is 0 Å². The van der Waals surface area contributed by atoms with E-state index in [4.69, 9.17) is 0 Å². The fourth-order valence-corrected chi connectivity index (χ4v) is 2.78. The average molecular weight is 268 g/mol. The Morgan fingerprint density at radius 1 is 1.50 bits per heavy atom. The van der Waals surface area contributed by atoms with Crippen LogP contribution in [0.15, 0.2) is 29.2 Å². The number of halogens is 1. The van der Waals surface area contributed by atoms with Gasteiger partial charge in [-0.15, -0.1) is 11.8 Å². The van der Waals surface area contributed by atoms with E-state index in [9.17, 15) is 9.18 Å². The quantitative estimate of drug-likeness (QED) is 0.800. The van der Waals surface area contributed by atoms with E-state index >= 15 is 0 Å². The Balaban J connectivity index is 1.68. The van der Waals surface area contributed by atoms with Crippen LogP contribution in [0.4, 0.5) is 4.39 Å². The summed E-state index contributed by atoms with van der Waals surface area (Å²) in [6, 6.07) is 6.90. The molecule has 1 unspecified atom stereocenters. The summed E-state index contributed by atoms with van der Waals surface area (Å²) in [4.78, 5) is 12.2. The normalized spacial score (nSPS) is 18.8. The van der Waals surface area contributed by atoms with Crippen LogP contribution in [0.25, 0.3) is 0 Å². The molecule has 0 saturated carbocycles. The lowest BCUT2D eigenvalue weighted by atomic mass is 10.2. The SMILES string of the molecule is O=C(CCSc1ccccc1F)NC1CCNC1. The second-order valence-corrected chi connectivity index (χ2v) is 5.42. The van der Waals surface area contributed by atoms with Gasteiger partial charge in [0, 0.05) is 29.7 Å². The van der Waals surface area contributed by atoms with Gasteiger partial charge in [-0.1, -0.05) is 12.1 Å². The molecule has 1 aromatic rings. The minimum atomic E-state index is -0.220. The van der Waals surface area contributed by atoms with Gasteiger partial charge < -0.3 is 10.6 Å². The Morgan fingerprint density at radius 3 is 3.06 bits per heavy atom. The summed E-state index contributed by atoms with van der Waals surface area (Å²) in [5.41, 5.74) is 0. The molecule has 18 heavy (non-hydrogen) atoms. The molecule has 5 heteroatoms. The van der Waals surface area contributed by atoms with Gasteiger partial charge in [0.2, 0.25) is 5.91 Å². The highest BCUT2D eigenvalue weighted by molar-refractivity contribution is 7.99. The Morgan fingerprint density at radius 2 is 2.33 bits per heavy atom. The van der Waals surface area contributed by atoms with Crippen LogP contribution in [-0.2, 0) is 4.79 Å². The molecule has 0 aliphatic carbocycles. The molecule has 1 aliphatic heterocycles. The molecular weight excluding hydrogens is 251 g/mol. The molecule has 1 heterocycles. The standard InChI is InChI=1S/C13H17FN2OS/c14-11-3-1-2-4-12(11)18-8-6-13(17)16-10-5-7-15-9-10/h1-4,10,15H,5-9H2,(H,16,17). The van der Waals surface area contributed by atoms with E-state index in [-0.39, 0.29) is 17.8 Å². The average Bonchev–Trinajstić information content (AvgIpc) is 2.84. The summed E-state index contributed by atoms with van der Waals surface area (Å²) in [5.74, 6) is 0.433. The van der Waals surface area contributed by atoms with Gasteiger partial charge in [0.25, 0.3) is 0 Å². The number of hydrogen-bond donors (Lipinski definition) is 2. The summed E-state index contributed by atoms with van der Waals surface area (Å²) in [6.07, 6.45) is 1.42. The molecule has 98 valence electrons. The highest BCUT2D eigenvalue weighted by Gasteiger charge is 2.16. The molecular formula is C13H17FN2OS. The first kappa shape index (κ1) is 13.4. The third-order valence-electron chi connectivity index (χ3n) is 2.85. The van der Waals surface area contributed by atoms with Crippen molar-refractivity contribution < 1.29 is 9.18 Å². The van der Waals surface area contributed by atoms with E-state index in [0.29, 0.717) is 17.1 Å². The Kier molecular flexibility index (Phi) is 5.01. The van der Waals surface area contributed by atoms with E-state index in [0.717, 1.165) is 19.5 Å². The second-order valence-electron chi connectivity index (χ2n) is 4.29. The summed E-state index contributed by atoms with van der Waals surface area (Å²) in [6.45, 7) is 1.82. The maximum atomic E-state index is 13.3. The summed E-state index contributed by atoms with van der Waals surface area (Å²) in [5, 5.41) is 6.17. The lowest BCUT2D eigenvalue weighted by Crippen LogP contribution is -2.36. The van der Waals surface area contributed by atoms with Crippen molar-refractivity contribution >= 4 is 17.7 Å². The molecule has 2 N–H and O–H groups in total. The van der Waals surface area contributed by atoms with Gasteiger partial charge in [-0.25, -0.2) is 4.39 Å². The molecule has 1 aliphatic rings. The molecule has 3 nitrogen and oxygen atoms in total.